The van der Waals surface area contributed by atoms with E-state index in [0.29, 0.717) is 5.56 Å². The Labute approximate surface area is 277 Å². The zero-order chi connectivity index (χ0) is 33.9. The standard InChI is InChI=1S/C36H32F2N4O5S/c37-29-8-6-28(7-9-29)24-42(34(22-26-4-2-1-3-5-26)36(44)40-23-27-18-20-39-21-19-27)35(43)25-47-32-14-16-33(17-15-32)48(45,46)41-31-12-10-30(38)11-13-31/h1-21,34,41H,22-25H2,(H,40,44)/t34-/m1/s1. The summed E-state index contributed by atoms with van der Waals surface area (Å²) in [4.78, 5) is 32.9. The van der Waals surface area contributed by atoms with Gasteiger partial charge in [0.05, 0.1) is 4.90 Å². The second-order valence-electron chi connectivity index (χ2n) is 10.8. The molecule has 4 aromatic carbocycles. The molecule has 1 atom stereocenters. The number of sulfonamides is 1. The van der Waals surface area contributed by atoms with E-state index in [9.17, 15) is 26.8 Å². The number of nitrogens with one attached hydrogen (secondary N) is 2. The summed E-state index contributed by atoms with van der Waals surface area (Å²) in [6.07, 6.45) is 3.44. The van der Waals surface area contributed by atoms with Gasteiger partial charge < -0.3 is 15.0 Å². The maximum absolute atomic E-state index is 13.9. The average molecular weight is 671 g/mol. The van der Waals surface area contributed by atoms with Crippen molar-refractivity contribution in [3.63, 3.8) is 0 Å². The summed E-state index contributed by atoms with van der Waals surface area (Å²) in [7, 11) is -3.98. The Morgan fingerprint density at radius 1 is 0.750 bits per heavy atom. The van der Waals surface area contributed by atoms with E-state index in [1.807, 2.05) is 30.3 Å². The first-order valence-corrected chi connectivity index (χ1v) is 16.4. The van der Waals surface area contributed by atoms with Gasteiger partial charge in [-0.2, -0.15) is 0 Å². The first kappa shape index (κ1) is 33.7. The number of rotatable bonds is 14. The summed E-state index contributed by atoms with van der Waals surface area (Å²) >= 11 is 0. The van der Waals surface area contributed by atoms with Gasteiger partial charge in [-0.15, -0.1) is 0 Å². The lowest BCUT2D eigenvalue weighted by atomic mass is 10.0. The topological polar surface area (TPSA) is 118 Å². The van der Waals surface area contributed by atoms with Gasteiger partial charge in [-0.3, -0.25) is 19.3 Å². The zero-order valence-corrected chi connectivity index (χ0v) is 26.4. The number of carbonyl (C=O) groups excluding carboxylic acids is 2. The third kappa shape index (κ3) is 9.46. The van der Waals surface area contributed by atoms with E-state index >= 15 is 0 Å². The molecule has 1 heterocycles. The number of benzene rings is 4. The molecule has 0 unspecified atom stereocenters. The van der Waals surface area contributed by atoms with Gasteiger partial charge in [0.1, 0.15) is 23.4 Å². The first-order valence-electron chi connectivity index (χ1n) is 14.9. The Bertz CT molecular complexity index is 1910. The highest BCUT2D eigenvalue weighted by Gasteiger charge is 2.31. The highest BCUT2D eigenvalue weighted by molar-refractivity contribution is 7.92. The maximum Gasteiger partial charge on any atom is 0.261 e. The SMILES string of the molecule is O=C(NCc1ccncc1)[C@@H](Cc1ccccc1)N(Cc1ccc(F)cc1)C(=O)COc1ccc(S(=O)(=O)Nc2ccc(F)cc2)cc1. The summed E-state index contributed by atoms with van der Waals surface area (Å²) in [5.41, 5.74) is 2.45. The van der Waals surface area contributed by atoms with Crippen molar-refractivity contribution in [2.75, 3.05) is 11.3 Å². The Morgan fingerprint density at radius 2 is 1.38 bits per heavy atom. The molecule has 0 aliphatic rings. The lowest BCUT2D eigenvalue weighted by Crippen LogP contribution is -2.51. The fraction of sp³-hybridized carbons (Fsp3) is 0.139. The number of nitrogens with zero attached hydrogens (tertiary/aromatic N) is 2. The lowest BCUT2D eigenvalue weighted by molar-refractivity contribution is -0.142. The number of anilines is 1. The van der Waals surface area contributed by atoms with Crippen molar-refractivity contribution in [2.45, 2.75) is 30.4 Å². The Kier molecular flexibility index (Phi) is 11.1. The predicted molar refractivity (Wildman–Crippen MR) is 176 cm³/mol. The second-order valence-corrected chi connectivity index (χ2v) is 12.5. The summed E-state index contributed by atoms with van der Waals surface area (Å²) < 4.78 is 60.7. The molecule has 246 valence electrons. The van der Waals surface area contributed by atoms with Crippen molar-refractivity contribution in [2.24, 2.45) is 0 Å². The molecule has 0 bridgehead atoms. The van der Waals surface area contributed by atoms with Crippen LogP contribution >= 0.6 is 0 Å². The minimum Gasteiger partial charge on any atom is -0.484 e. The van der Waals surface area contributed by atoms with Gasteiger partial charge in [0.2, 0.25) is 5.91 Å². The van der Waals surface area contributed by atoms with Gasteiger partial charge in [-0.1, -0.05) is 42.5 Å². The van der Waals surface area contributed by atoms with Crippen LogP contribution in [0.4, 0.5) is 14.5 Å². The normalized spacial score (nSPS) is 11.7. The fourth-order valence-corrected chi connectivity index (χ4v) is 5.88. The molecule has 2 amide bonds. The molecule has 12 heteroatoms. The molecular weight excluding hydrogens is 638 g/mol. The summed E-state index contributed by atoms with van der Waals surface area (Å²) in [6, 6.07) is 27.8. The van der Waals surface area contributed by atoms with E-state index in [1.54, 1.807) is 36.7 Å². The predicted octanol–water partition coefficient (Wildman–Crippen LogP) is 5.50. The van der Waals surface area contributed by atoms with E-state index in [2.05, 4.69) is 15.0 Å². The molecule has 0 aliphatic carbocycles. The number of amides is 2. The Hall–Kier alpha value is -5.62. The van der Waals surface area contributed by atoms with E-state index in [-0.39, 0.29) is 35.8 Å². The number of ether oxygens (including phenoxy) is 1. The molecule has 0 aliphatic heterocycles. The number of halogens is 2. The van der Waals surface area contributed by atoms with E-state index in [4.69, 9.17) is 4.74 Å². The van der Waals surface area contributed by atoms with Gasteiger partial charge in [0, 0.05) is 37.6 Å². The van der Waals surface area contributed by atoms with Crippen molar-refractivity contribution in [1.82, 2.24) is 15.2 Å². The second kappa shape index (κ2) is 15.8. The summed E-state index contributed by atoms with van der Waals surface area (Å²) in [5, 5.41) is 2.92. The van der Waals surface area contributed by atoms with E-state index in [0.717, 1.165) is 23.3 Å². The molecule has 2 N–H and O–H groups in total. The van der Waals surface area contributed by atoms with E-state index < -0.39 is 46.1 Å². The number of hydrogen-bond acceptors (Lipinski definition) is 6. The molecule has 0 spiro atoms. The molecule has 9 nitrogen and oxygen atoms in total. The van der Waals surface area contributed by atoms with Crippen LogP contribution in [0.3, 0.4) is 0 Å². The highest BCUT2D eigenvalue weighted by atomic mass is 32.2. The average Bonchev–Trinajstić information content (AvgIpc) is 3.10. The molecule has 5 aromatic rings. The molecule has 0 saturated heterocycles. The number of carbonyl (C=O) groups is 2. The Balaban J connectivity index is 1.34. The van der Waals surface area contributed by atoms with Crippen molar-refractivity contribution in [3.05, 3.63) is 156 Å². The monoisotopic (exact) mass is 670 g/mol. The summed E-state index contributed by atoms with van der Waals surface area (Å²) in [6.45, 7) is -0.258. The zero-order valence-electron chi connectivity index (χ0n) is 25.6. The molecule has 48 heavy (non-hydrogen) atoms. The van der Waals surface area contributed by atoms with Crippen LogP contribution in [-0.4, -0.2) is 42.8 Å². The Morgan fingerprint density at radius 3 is 2.02 bits per heavy atom. The van der Waals surface area contributed by atoms with Crippen LogP contribution in [0.1, 0.15) is 16.7 Å². The minimum atomic E-state index is -3.98. The van der Waals surface area contributed by atoms with Crippen molar-refractivity contribution in [1.29, 1.82) is 0 Å². The molecule has 5 rings (SSSR count). The van der Waals surface area contributed by atoms with Gasteiger partial charge in [0.25, 0.3) is 15.9 Å². The van der Waals surface area contributed by atoms with Crippen molar-refractivity contribution < 1.29 is 31.5 Å². The van der Waals surface area contributed by atoms with Crippen LogP contribution in [0.2, 0.25) is 0 Å². The van der Waals surface area contributed by atoms with E-state index in [1.165, 1.54) is 53.4 Å². The third-order valence-electron chi connectivity index (χ3n) is 7.35. The quantitative estimate of drug-likeness (QED) is 0.161. The largest absolute Gasteiger partial charge is 0.484 e. The number of aromatic nitrogens is 1. The van der Waals surface area contributed by atoms with Crippen LogP contribution in [0.5, 0.6) is 5.75 Å². The lowest BCUT2D eigenvalue weighted by Gasteiger charge is -2.31. The third-order valence-corrected chi connectivity index (χ3v) is 8.74. The summed E-state index contributed by atoms with van der Waals surface area (Å²) in [5.74, 6) is -1.63. The van der Waals surface area contributed by atoms with Crippen LogP contribution in [-0.2, 0) is 39.1 Å². The van der Waals surface area contributed by atoms with Crippen LogP contribution in [0, 0.1) is 11.6 Å². The van der Waals surface area contributed by atoms with Crippen molar-refractivity contribution >= 4 is 27.5 Å². The van der Waals surface area contributed by atoms with Gasteiger partial charge in [-0.05, 0) is 89.5 Å². The molecule has 0 radical (unpaired) electrons. The number of hydrogen-bond donors (Lipinski definition) is 2. The first-order chi connectivity index (χ1) is 23.2. The fourth-order valence-electron chi connectivity index (χ4n) is 4.82. The number of pyridine rings is 1. The van der Waals surface area contributed by atoms with Crippen LogP contribution < -0.4 is 14.8 Å². The molecular formula is C36H32F2N4O5S. The minimum absolute atomic E-state index is 0.00507. The van der Waals surface area contributed by atoms with Gasteiger partial charge >= 0.3 is 0 Å². The van der Waals surface area contributed by atoms with Crippen molar-refractivity contribution in [3.8, 4) is 5.75 Å². The molecule has 0 fully saturated rings. The molecule has 1 aromatic heterocycles. The maximum atomic E-state index is 13.9. The highest BCUT2D eigenvalue weighted by Crippen LogP contribution is 2.21. The molecule has 0 saturated carbocycles. The van der Waals surface area contributed by atoms with Gasteiger partial charge in [-0.25, -0.2) is 17.2 Å². The van der Waals surface area contributed by atoms with Crippen LogP contribution in [0.25, 0.3) is 0 Å². The smallest absolute Gasteiger partial charge is 0.261 e. The van der Waals surface area contributed by atoms with Gasteiger partial charge in [0.15, 0.2) is 6.61 Å². The van der Waals surface area contributed by atoms with Crippen LogP contribution in [0.15, 0.2) is 133 Å².